The van der Waals surface area contributed by atoms with Crippen LogP contribution < -0.4 is 10.6 Å². The average Bonchev–Trinajstić information content (AvgIpc) is 2.85. The Bertz CT molecular complexity index is 448. The molecular formula is C15H20N2O. The van der Waals surface area contributed by atoms with Crippen molar-refractivity contribution in [3.05, 3.63) is 29.8 Å². The van der Waals surface area contributed by atoms with E-state index in [1.807, 2.05) is 25.2 Å². The van der Waals surface area contributed by atoms with Crippen LogP contribution >= 0.6 is 0 Å². The molecule has 2 unspecified atom stereocenters. The van der Waals surface area contributed by atoms with Gasteiger partial charge in [0.15, 0.2) is 0 Å². The predicted molar refractivity (Wildman–Crippen MR) is 72.2 cm³/mol. The van der Waals surface area contributed by atoms with Gasteiger partial charge in [-0.1, -0.05) is 18.6 Å². The van der Waals surface area contributed by atoms with E-state index in [0.29, 0.717) is 17.8 Å². The van der Waals surface area contributed by atoms with E-state index in [0.717, 1.165) is 12.2 Å². The van der Waals surface area contributed by atoms with E-state index in [2.05, 4.69) is 16.7 Å². The molecular weight excluding hydrogens is 224 g/mol. The molecule has 2 saturated carbocycles. The molecule has 2 atom stereocenters. The number of anilines is 1. The lowest BCUT2D eigenvalue weighted by molar-refractivity contribution is -0.118. The fourth-order valence-corrected chi connectivity index (χ4v) is 3.40. The van der Waals surface area contributed by atoms with Crippen molar-refractivity contribution in [1.29, 1.82) is 0 Å². The monoisotopic (exact) mass is 244 g/mol. The van der Waals surface area contributed by atoms with E-state index in [9.17, 15) is 4.79 Å². The third kappa shape index (κ3) is 2.15. The molecule has 2 N–H and O–H groups in total. The zero-order valence-electron chi connectivity index (χ0n) is 10.8. The number of benzene rings is 1. The number of hydrogen-bond acceptors (Lipinski definition) is 2. The largest absolute Gasteiger partial charge is 0.326 e. The smallest absolute Gasteiger partial charge is 0.228 e. The number of rotatable bonds is 4. The second-order valence-electron chi connectivity index (χ2n) is 5.50. The number of fused-ring (bicyclic) bond motifs is 1. The first-order valence-electron chi connectivity index (χ1n) is 6.84. The Morgan fingerprint density at radius 2 is 2.11 bits per heavy atom. The van der Waals surface area contributed by atoms with Crippen LogP contribution in [0.4, 0.5) is 5.69 Å². The topological polar surface area (TPSA) is 41.1 Å². The number of carbonyl (C=O) groups excluding carboxylic acids is 1. The summed E-state index contributed by atoms with van der Waals surface area (Å²) in [5.41, 5.74) is 2.13. The van der Waals surface area contributed by atoms with Gasteiger partial charge in [0.25, 0.3) is 0 Å². The molecule has 1 aromatic rings. The number of hydrogen-bond donors (Lipinski definition) is 2. The van der Waals surface area contributed by atoms with Gasteiger partial charge in [-0.05, 0) is 49.4 Å². The Morgan fingerprint density at radius 3 is 2.83 bits per heavy atom. The third-order valence-corrected chi connectivity index (χ3v) is 4.28. The minimum atomic E-state index is 0.228. The molecule has 0 spiro atoms. The van der Waals surface area contributed by atoms with Crippen molar-refractivity contribution in [3.63, 3.8) is 0 Å². The van der Waals surface area contributed by atoms with Crippen molar-refractivity contribution in [2.45, 2.75) is 25.8 Å². The highest BCUT2D eigenvalue weighted by atomic mass is 16.2. The molecule has 3 nitrogen and oxygen atoms in total. The zero-order chi connectivity index (χ0) is 12.5. The van der Waals surface area contributed by atoms with Crippen LogP contribution in [0.25, 0.3) is 0 Å². The molecule has 3 rings (SSSR count). The molecule has 0 heterocycles. The zero-order valence-corrected chi connectivity index (χ0v) is 10.8. The molecule has 1 amide bonds. The maximum Gasteiger partial charge on any atom is 0.228 e. The molecule has 96 valence electrons. The fraction of sp³-hybridized carbons (Fsp3) is 0.533. The first-order valence-corrected chi connectivity index (χ1v) is 6.84. The van der Waals surface area contributed by atoms with Crippen molar-refractivity contribution in [3.8, 4) is 0 Å². The number of nitrogens with one attached hydrogen (secondary N) is 2. The molecule has 18 heavy (non-hydrogen) atoms. The summed E-state index contributed by atoms with van der Waals surface area (Å²) in [5, 5.41) is 6.18. The Morgan fingerprint density at radius 1 is 1.33 bits per heavy atom. The maximum atomic E-state index is 12.1. The van der Waals surface area contributed by atoms with Gasteiger partial charge < -0.3 is 10.6 Å². The average molecular weight is 244 g/mol. The van der Waals surface area contributed by atoms with Crippen LogP contribution in [0.2, 0.25) is 0 Å². The molecule has 2 aliphatic carbocycles. The van der Waals surface area contributed by atoms with Crippen molar-refractivity contribution >= 4 is 11.6 Å². The summed E-state index contributed by atoms with van der Waals surface area (Å²) in [4.78, 5) is 12.1. The van der Waals surface area contributed by atoms with Crippen LogP contribution in [0.3, 0.4) is 0 Å². The van der Waals surface area contributed by atoms with Crippen LogP contribution in [-0.2, 0) is 11.3 Å². The van der Waals surface area contributed by atoms with Gasteiger partial charge in [0.1, 0.15) is 0 Å². The highest BCUT2D eigenvalue weighted by Gasteiger charge is 2.56. The lowest BCUT2D eigenvalue weighted by Gasteiger charge is -2.08. The second-order valence-corrected chi connectivity index (χ2v) is 5.50. The van der Waals surface area contributed by atoms with Crippen molar-refractivity contribution in [2.24, 2.45) is 17.8 Å². The highest BCUT2D eigenvalue weighted by Crippen LogP contribution is 2.57. The van der Waals surface area contributed by atoms with Crippen LogP contribution in [0.5, 0.6) is 0 Å². The summed E-state index contributed by atoms with van der Waals surface area (Å²) in [6.07, 6.45) is 3.82. The first-order chi connectivity index (χ1) is 8.79. The minimum absolute atomic E-state index is 0.228. The summed E-state index contributed by atoms with van der Waals surface area (Å²) in [5.74, 6) is 1.90. The summed E-state index contributed by atoms with van der Waals surface area (Å²) in [6.45, 7) is 0.832. The molecule has 0 saturated heterocycles. The van der Waals surface area contributed by atoms with Gasteiger partial charge in [-0.3, -0.25) is 4.79 Å². The van der Waals surface area contributed by atoms with E-state index in [1.54, 1.807) is 0 Å². The third-order valence-electron chi connectivity index (χ3n) is 4.28. The van der Waals surface area contributed by atoms with E-state index >= 15 is 0 Å². The fourth-order valence-electron chi connectivity index (χ4n) is 3.40. The molecule has 3 heteroatoms. The van der Waals surface area contributed by atoms with Gasteiger partial charge in [-0.2, -0.15) is 0 Å². The number of amides is 1. The van der Waals surface area contributed by atoms with E-state index in [4.69, 9.17) is 0 Å². The standard InChI is InChI=1S/C15H20N2O/c1-16-9-10-4-2-5-11(8-10)17-15(18)14-12-6-3-7-13(12)14/h2,4-5,8,12-14,16H,3,6-7,9H2,1H3,(H,17,18). The molecule has 0 bridgehead atoms. The van der Waals surface area contributed by atoms with Crippen LogP contribution in [-0.4, -0.2) is 13.0 Å². The molecule has 2 fully saturated rings. The van der Waals surface area contributed by atoms with Crippen molar-refractivity contribution in [1.82, 2.24) is 5.32 Å². The minimum Gasteiger partial charge on any atom is -0.326 e. The van der Waals surface area contributed by atoms with Crippen LogP contribution in [0.1, 0.15) is 24.8 Å². The SMILES string of the molecule is CNCc1cccc(NC(=O)C2C3CCCC32)c1. The first kappa shape index (κ1) is 11.7. The Balaban J connectivity index is 1.62. The summed E-state index contributed by atoms with van der Waals surface area (Å²) < 4.78 is 0. The predicted octanol–water partition coefficient (Wildman–Crippen LogP) is 2.39. The van der Waals surface area contributed by atoms with E-state index < -0.39 is 0 Å². The Kier molecular flexibility index (Phi) is 3.08. The van der Waals surface area contributed by atoms with Crippen molar-refractivity contribution in [2.75, 3.05) is 12.4 Å². The quantitative estimate of drug-likeness (QED) is 0.854. The van der Waals surface area contributed by atoms with Crippen LogP contribution in [0, 0.1) is 17.8 Å². The van der Waals surface area contributed by atoms with Crippen molar-refractivity contribution < 1.29 is 4.79 Å². The highest BCUT2D eigenvalue weighted by molar-refractivity contribution is 5.95. The lowest BCUT2D eigenvalue weighted by Crippen LogP contribution is -2.16. The van der Waals surface area contributed by atoms with Crippen LogP contribution in [0.15, 0.2) is 24.3 Å². The van der Waals surface area contributed by atoms with Gasteiger partial charge >= 0.3 is 0 Å². The van der Waals surface area contributed by atoms with E-state index in [1.165, 1.54) is 24.8 Å². The van der Waals surface area contributed by atoms with Gasteiger partial charge in [0.05, 0.1) is 0 Å². The summed E-state index contributed by atoms with van der Waals surface area (Å²) >= 11 is 0. The molecule has 0 aromatic heterocycles. The van der Waals surface area contributed by atoms with Gasteiger partial charge in [0.2, 0.25) is 5.91 Å². The summed E-state index contributed by atoms with van der Waals surface area (Å²) in [7, 11) is 1.93. The molecule has 0 aliphatic heterocycles. The Hall–Kier alpha value is -1.35. The maximum absolute atomic E-state index is 12.1. The Labute approximate surface area is 108 Å². The summed E-state index contributed by atoms with van der Waals surface area (Å²) in [6, 6.07) is 8.08. The second kappa shape index (κ2) is 4.73. The molecule has 1 aromatic carbocycles. The normalized spacial score (nSPS) is 28.8. The van der Waals surface area contributed by atoms with Gasteiger partial charge in [-0.25, -0.2) is 0 Å². The van der Waals surface area contributed by atoms with Gasteiger partial charge in [0, 0.05) is 18.2 Å². The van der Waals surface area contributed by atoms with E-state index in [-0.39, 0.29) is 5.91 Å². The lowest BCUT2D eigenvalue weighted by atomic mass is 10.1. The number of carbonyl (C=O) groups is 1. The molecule has 2 aliphatic rings. The molecule has 0 radical (unpaired) electrons. The van der Waals surface area contributed by atoms with Gasteiger partial charge in [-0.15, -0.1) is 0 Å².